The van der Waals surface area contributed by atoms with Gasteiger partial charge in [-0.05, 0) is 31.5 Å². The lowest BCUT2D eigenvalue weighted by Crippen LogP contribution is -2.50. The van der Waals surface area contributed by atoms with E-state index >= 15 is 0 Å². The molecular formula is C19H23N7O2. The molecule has 1 atom stereocenters. The molecule has 4 heterocycles. The fourth-order valence-electron chi connectivity index (χ4n) is 3.31. The molecule has 4 rings (SSSR count). The maximum absolute atomic E-state index is 12.5. The van der Waals surface area contributed by atoms with E-state index in [0.29, 0.717) is 25.5 Å². The minimum absolute atomic E-state index is 0.0774. The summed E-state index contributed by atoms with van der Waals surface area (Å²) in [6, 6.07) is 5.97. The summed E-state index contributed by atoms with van der Waals surface area (Å²) in [6.07, 6.45) is 3.33. The van der Waals surface area contributed by atoms with E-state index in [-0.39, 0.29) is 17.8 Å². The number of carbonyl (C=O) groups excluding carboxylic acids is 1. The molecule has 3 aromatic heterocycles. The van der Waals surface area contributed by atoms with Crippen LogP contribution in [0.25, 0.3) is 5.78 Å². The number of hydrogen-bond acceptors (Lipinski definition) is 7. The molecule has 0 radical (unpaired) electrons. The van der Waals surface area contributed by atoms with Crippen molar-refractivity contribution in [2.45, 2.75) is 26.4 Å². The van der Waals surface area contributed by atoms with Crippen molar-refractivity contribution < 1.29 is 9.53 Å². The molecule has 1 unspecified atom stereocenters. The molecule has 1 N–H and O–H groups in total. The standard InChI is InChI=1S/C19H23N7O2/c1-13-4-5-15(14(2)22-13)11-25-8-9-28-12-16(25)10-21-18(27)17-23-19-20-6-3-7-26(19)24-17/h3-7,16H,8-12H2,1-2H3,(H,21,27). The summed E-state index contributed by atoms with van der Waals surface area (Å²) in [4.78, 5) is 27.6. The van der Waals surface area contributed by atoms with Crippen molar-refractivity contribution in [3.8, 4) is 0 Å². The highest BCUT2D eigenvalue weighted by Crippen LogP contribution is 2.15. The Hall–Kier alpha value is -2.91. The molecular weight excluding hydrogens is 358 g/mol. The second kappa shape index (κ2) is 7.99. The van der Waals surface area contributed by atoms with Gasteiger partial charge in [0, 0.05) is 43.4 Å². The van der Waals surface area contributed by atoms with Gasteiger partial charge in [-0.25, -0.2) is 9.50 Å². The van der Waals surface area contributed by atoms with Gasteiger partial charge in [-0.2, -0.15) is 4.98 Å². The van der Waals surface area contributed by atoms with Crippen molar-refractivity contribution in [2.24, 2.45) is 0 Å². The summed E-state index contributed by atoms with van der Waals surface area (Å²) in [5.41, 5.74) is 3.24. The molecule has 9 nitrogen and oxygen atoms in total. The van der Waals surface area contributed by atoms with Crippen LogP contribution in [0.15, 0.2) is 30.6 Å². The van der Waals surface area contributed by atoms with E-state index in [9.17, 15) is 4.79 Å². The molecule has 3 aromatic rings. The fraction of sp³-hybridized carbons (Fsp3) is 0.421. The lowest BCUT2D eigenvalue weighted by Gasteiger charge is -2.35. The van der Waals surface area contributed by atoms with Crippen LogP contribution in [0.4, 0.5) is 0 Å². The molecule has 28 heavy (non-hydrogen) atoms. The number of nitrogens with one attached hydrogen (secondary N) is 1. The number of nitrogens with zero attached hydrogens (tertiary/aromatic N) is 6. The van der Waals surface area contributed by atoms with Gasteiger partial charge >= 0.3 is 0 Å². The van der Waals surface area contributed by atoms with Crippen molar-refractivity contribution >= 4 is 11.7 Å². The maximum Gasteiger partial charge on any atom is 0.291 e. The van der Waals surface area contributed by atoms with Gasteiger partial charge in [0.2, 0.25) is 5.82 Å². The average Bonchev–Trinajstić information content (AvgIpc) is 3.13. The van der Waals surface area contributed by atoms with Crippen LogP contribution >= 0.6 is 0 Å². The Bertz CT molecular complexity index is 954. The van der Waals surface area contributed by atoms with Crippen LogP contribution in [0.2, 0.25) is 0 Å². The third-order valence-electron chi connectivity index (χ3n) is 4.88. The number of rotatable bonds is 5. The highest BCUT2D eigenvalue weighted by atomic mass is 16.5. The van der Waals surface area contributed by atoms with Crippen molar-refractivity contribution in [3.63, 3.8) is 0 Å². The molecule has 0 aliphatic carbocycles. The predicted octanol–water partition coefficient (Wildman–Crippen LogP) is 0.767. The van der Waals surface area contributed by atoms with Gasteiger partial charge in [-0.3, -0.25) is 14.7 Å². The molecule has 1 saturated heterocycles. The minimum Gasteiger partial charge on any atom is -0.378 e. The number of morpholine rings is 1. The molecule has 0 bridgehead atoms. The summed E-state index contributed by atoms with van der Waals surface area (Å²) < 4.78 is 7.12. The van der Waals surface area contributed by atoms with E-state index in [4.69, 9.17) is 4.74 Å². The third kappa shape index (κ3) is 4.00. The van der Waals surface area contributed by atoms with Crippen molar-refractivity contribution in [2.75, 3.05) is 26.3 Å². The van der Waals surface area contributed by atoms with Gasteiger partial charge in [0.25, 0.3) is 11.7 Å². The number of fused-ring (bicyclic) bond motifs is 1. The van der Waals surface area contributed by atoms with E-state index in [2.05, 4.69) is 36.3 Å². The lowest BCUT2D eigenvalue weighted by atomic mass is 10.1. The topological polar surface area (TPSA) is 97.5 Å². The molecule has 1 aliphatic heterocycles. The largest absolute Gasteiger partial charge is 0.378 e. The van der Waals surface area contributed by atoms with Crippen LogP contribution in [0.3, 0.4) is 0 Å². The number of pyridine rings is 1. The number of ether oxygens (including phenoxy) is 1. The molecule has 0 aromatic carbocycles. The first-order chi connectivity index (χ1) is 13.6. The summed E-state index contributed by atoms with van der Waals surface area (Å²) in [7, 11) is 0. The smallest absolute Gasteiger partial charge is 0.291 e. The molecule has 1 fully saturated rings. The summed E-state index contributed by atoms with van der Waals surface area (Å²) in [5.74, 6) is 0.197. The molecule has 146 valence electrons. The Morgan fingerprint density at radius 3 is 3.04 bits per heavy atom. The molecule has 1 aliphatic rings. The van der Waals surface area contributed by atoms with Crippen LogP contribution in [-0.4, -0.2) is 67.7 Å². The van der Waals surface area contributed by atoms with E-state index in [1.807, 2.05) is 19.9 Å². The second-order valence-corrected chi connectivity index (χ2v) is 6.91. The Balaban J connectivity index is 1.41. The third-order valence-corrected chi connectivity index (χ3v) is 4.88. The average molecular weight is 381 g/mol. The van der Waals surface area contributed by atoms with Gasteiger partial charge in [0.15, 0.2) is 0 Å². The quantitative estimate of drug-likeness (QED) is 0.697. The van der Waals surface area contributed by atoms with E-state index in [1.165, 1.54) is 10.1 Å². The number of hydrogen-bond donors (Lipinski definition) is 1. The highest BCUT2D eigenvalue weighted by Gasteiger charge is 2.25. The second-order valence-electron chi connectivity index (χ2n) is 6.91. The lowest BCUT2D eigenvalue weighted by molar-refractivity contribution is -0.0106. The Labute approximate surface area is 162 Å². The fourth-order valence-corrected chi connectivity index (χ4v) is 3.31. The highest BCUT2D eigenvalue weighted by molar-refractivity contribution is 5.90. The summed E-state index contributed by atoms with van der Waals surface area (Å²) in [6.45, 7) is 7.32. The zero-order valence-corrected chi connectivity index (χ0v) is 16.0. The Morgan fingerprint density at radius 1 is 1.32 bits per heavy atom. The van der Waals surface area contributed by atoms with Gasteiger partial charge in [0.05, 0.1) is 19.3 Å². The van der Waals surface area contributed by atoms with Gasteiger partial charge in [-0.1, -0.05) is 6.07 Å². The number of aromatic nitrogens is 5. The summed E-state index contributed by atoms with van der Waals surface area (Å²) >= 11 is 0. The monoisotopic (exact) mass is 381 g/mol. The SMILES string of the molecule is Cc1ccc(CN2CCOCC2CNC(=O)c2nc3ncccn3n2)c(C)n1. The zero-order chi connectivity index (χ0) is 19.5. The Morgan fingerprint density at radius 2 is 2.21 bits per heavy atom. The van der Waals surface area contributed by atoms with Crippen LogP contribution < -0.4 is 5.32 Å². The maximum atomic E-state index is 12.5. The zero-order valence-electron chi connectivity index (χ0n) is 16.0. The van der Waals surface area contributed by atoms with Gasteiger partial charge < -0.3 is 10.1 Å². The van der Waals surface area contributed by atoms with Gasteiger partial charge in [-0.15, -0.1) is 5.10 Å². The van der Waals surface area contributed by atoms with Gasteiger partial charge in [0.1, 0.15) is 0 Å². The first-order valence-electron chi connectivity index (χ1n) is 9.30. The molecule has 9 heteroatoms. The van der Waals surface area contributed by atoms with Crippen molar-refractivity contribution in [1.82, 2.24) is 34.8 Å². The van der Waals surface area contributed by atoms with Crippen molar-refractivity contribution in [1.29, 1.82) is 0 Å². The first kappa shape index (κ1) is 18.5. The van der Waals surface area contributed by atoms with E-state index < -0.39 is 0 Å². The van der Waals surface area contributed by atoms with Crippen molar-refractivity contribution in [3.05, 3.63) is 53.4 Å². The first-order valence-corrected chi connectivity index (χ1v) is 9.30. The predicted molar refractivity (Wildman–Crippen MR) is 102 cm³/mol. The van der Waals surface area contributed by atoms with Crippen LogP contribution in [0, 0.1) is 13.8 Å². The number of aryl methyl sites for hydroxylation is 2. The van der Waals surface area contributed by atoms with E-state index in [0.717, 1.165) is 24.5 Å². The summed E-state index contributed by atoms with van der Waals surface area (Å²) in [5, 5.41) is 7.09. The molecule has 1 amide bonds. The number of carbonyl (C=O) groups is 1. The van der Waals surface area contributed by atoms with Crippen LogP contribution in [0.1, 0.15) is 27.6 Å². The van der Waals surface area contributed by atoms with Crippen LogP contribution in [-0.2, 0) is 11.3 Å². The number of amides is 1. The normalized spacial score (nSPS) is 17.7. The molecule has 0 saturated carbocycles. The van der Waals surface area contributed by atoms with Crippen LogP contribution in [0.5, 0.6) is 0 Å². The Kier molecular flexibility index (Phi) is 5.27. The van der Waals surface area contributed by atoms with E-state index in [1.54, 1.807) is 18.5 Å². The molecule has 0 spiro atoms. The minimum atomic E-state index is -0.316.